The van der Waals surface area contributed by atoms with Crippen molar-refractivity contribution in [3.05, 3.63) is 29.6 Å². The van der Waals surface area contributed by atoms with E-state index in [0.717, 1.165) is 0 Å². The van der Waals surface area contributed by atoms with Crippen LogP contribution in [0.2, 0.25) is 0 Å². The number of para-hydroxylation sites is 1. The second-order valence-electron chi connectivity index (χ2n) is 3.61. The number of hydrogen-bond donors (Lipinski definition) is 2. The summed E-state index contributed by atoms with van der Waals surface area (Å²) in [4.78, 5) is 11.7. The van der Waals surface area contributed by atoms with Gasteiger partial charge in [-0.2, -0.15) is 0 Å². The number of aliphatic hydroxyl groups is 1. The summed E-state index contributed by atoms with van der Waals surface area (Å²) in [7, 11) is 0. The van der Waals surface area contributed by atoms with Gasteiger partial charge in [-0.15, -0.1) is 0 Å². The minimum atomic E-state index is -0.650. The summed E-state index contributed by atoms with van der Waals surface area (Å²) in [6, 6.07) is 4.15. The molecule has 0 aliphatic heterocycles. The number of aliphatic hydroxyl groups excluding tert-OH is 1. The number of rotatable bonds is 5. The third kappa shape index (κ3) is 3.71. The number of ether oxygens (including phenoxy) is 1. The van der Waals surface area contributed by atoms with Gasteiger partial charge in [-0.25, -0.2) is 4.39 Å². The second-order valence-corrected chi connectivity index (χ2v) is 3.61. The maximum Gasteiger partial charge on any atom is 0.255 e. The van der Waals surface area contributed by atoms with Crippen molar-refractivity contribution in [1.82, 2.24) is 5.32 Å². The Morgan fingerprint density at radius 3 is 2.88 bits per heavy atom. The van der Waals surface area contributed by atoms with Crippen LogP contribution in [0.1, 0.15) is 24.2 Å². The van der Waals surface area contributed by atoms with Gasteiger partial charge in [0.2, 0.25) is 0 Å². The van der Waals surface area contributed by atoms with Crippen LogP contribution < -0.4 is 10.1 Å². The predicted molar refractivity (Wildman–Crippen MR) is 61.6 cm³/mol. The predicted octanol–water partition coefficient (Wildman–Crippen LogP) is 1.33. The van der Waals surface area contributed by atoms with E-state index in [1.807, 2.05) is 0 Å². The maximum absolute atomic E-state index is 13.4. The molecule has 1 amide bonds. The van der Waals surface area contributed by atoms with Crippen molar-refractivity contribution in [3.63, 3.8) is 0 Å². The molecule has 0 fully saturated rings. The molecule has 1 aromatic rings. The zero-order valence-corrected chi connectivity index (χ0v) is 9.87. The fraction of sp³-hybridized carbons (Fsp3) is 0.417. The van der Waals surface area contributed by atoms with Gasteiger partial charge in [0.15, 0.2) is 11.6 Å². The molecular weight excluding hydrogens is 225 g/mol. The van der Waals surface area contributed by atoms with Crippen LogP contribution in [0, 0.1) is 5.82 Å². The first-order chi connectivity index (χ1) is 8.06. The summed E-state index contributed by atoms with van der Waals surface area (Å²) < 4.78 is 18.5. The van der Waals surface area contributed by atoms with Crippen molar-refractivity contribution in [2.45, 2.75) is 20.0 Å². The number of hydrogen-bond acceptors (Lipinski definition) is 3. The van der Waals surface area contributed by atoms with E-state index in [1.54, 1.807) is 13.8 Å². The summed E-state index contributed by atoms with van der Waals surface area (Å²) in [5, 5.41) is 11.5. The fourth-order valence-electron chi connectivity index (χ4n) is 1.31. The Morgan fingerprint density at radius 1 is 1.59 bits per heavy atom. The van der Waals surface area contributed by atoms with Crippen LogP contribution in [0.25, 0.3) is 0 Å². The molecule has 0 heterocycles. The average Bonchev–Trinajstić information content (AvgIpc) is 2.29. The first kappa shape index (κ1) is 13.4. The normalized spacial score (nSPS) is 12.0. The Bertz CT molecular complexity index is 393. The minimum absolute atomic E-state index is 0.0573. The fourth-order valence-corrected chi connectivity index (χ4v) is 1.31. The van der Waals surface area contributed by atoms with Gasteiger partial charge in [0.05, 0.1) is 18.3 Å². The van der Waals surface area contributed by atoms with Gasteiger partial charge in [-0.05, 0) is 26.0 Å². The number of benzene rings is 1. The molecular formula is C12H16FNO3. The molecule has 1 atom stereocenters. The van der Waals surface area contributed by atoms with Gasteiger partial charge >= 0.3 is 0 Å². The van der Waals surface area contributed by atoms with E-state index in [-0.39, 0.29) is 24.5 Å². The molecule has 5 heteroatoms. The topological polar surface area (TPSA) is 58.6 Å². The Hall–Kier alpha value is -1.62. The smallest absolute Gasteiger partial charge is 0.255 e. The maximum atomic E-state index is 13.4. The van der Waals surface area contributed by atoms with E-state index < -0.39 is 17.8 Å². The lowest BCUT2D eigenvalue weighted by molar-refractivity contribution is 0.0919. The van der Waals surface area contributed by atoms with E-state index >= 15 is 0 Å². The summed E-state index contributed by atoms with van der Waals surface area (Å²) in [5.41, 5.74) is 0.132. The highest BCUT2D eigenvalue weighted by Gasteiger charge is 2.16. The van der Waals surface area contributed by atoms with Gasteiger partial charge in [-0.1, -0.05) is 6.07 Å². The molecule has 1 rings (SSSR count). The van der Waals surface area contributed by atoms with E-state index in [0.29, 0.717) is 0 Å². The minimum Gasteiger partial charge on any atom is -0.490 e. The molecule has 0 saturated carbocycles. The van der Waals surface area contributed by atoms with Gasteiger partial charge in [0.25, 0.3) is 5.91 Å². The highest BCUT2D eigenvalue weighted by Crippen LogP contribution is 2.22. The van der Waals surface area contributed by atoms with Crippen molar-refractivity contribution >= 4 is 5.91 Å². The first-order valence-electron chi connectivity index (χ1n) is 5.43. The van der Waals surface area contributed by atoms with Crippen molar-refractivity contribution < 1.29 is 19.0 Å². The number of carbonyl (C=O) groups excluding carboxylic acids is 1. The van der Waals surface area contributed by atoms with Crippen molar-refractivity contribution in [2.24, 2.45) is 0 Å². The molecule has 0 spiro atoms. The molecule has 0 saturated heterocycles. The first-order valence-corrected chi connectivity index (χ1v) is 5.43. The second kappa shape index (κ2) is 6.20. The summed E-state index contributed by atoms with van der Waals surface area (Å²) in [6.07, 6.45) is -0.650. The average molecular weight is 241 g/mol. The molecule has 0 aliphatic rings. The quantitative estimate of drug-likeness (QED) is 0.817. The highest BCUT2D eigenvalue weighted by molar-refractivity contribution is 5.97. The lowest BCUT2D eigenvalue weighted by atomic mass is 10.1. The van der Waals surface area contributed by atoms with Crippen LogP contribution in [0.3, 0.4) is 0 Å². The molecule has 17 heavy (non-hydrogen) atoms. The van der Waals surface area contributed by atoms with Crippen molar-refractivity contribution in [2.75, 3.05) is 13.2 Å². The Balaban J connectivity index is 2.88. The van der Waals surface area contributed by atoms with Crippen LogP contribution in [0.15, 0.2) is 18.2 Å². The summed E-state index contributed by atoms with van der Waals surface area (Å²) >= 11 is 0. The molecule has 4 nitrogen and oxygen atoms in total. The van der Waals surface area contributed by atoms with E-state index in [2.05, 4.69) is 5.32 Å². The molecule has 0 radical (unpaired) electrons. The van der Waals surface area contributed by atoms with Crippen LogP contribution in [0.5, 0.6) is 5.75 Å². The lowest BCUT2D eigenvalue weighted by Gasteiger charge is -2.12. The summed E-state index contributed by atoms with van der Waals surface area (Å²) in [5.74, 6) is -1.09. The van der Waals surface area contributed by atoms with Gasteiger partial charge in [0.1, 0.15) is 0 Å². The molecule has 1 aromatic carbocycles. The largest absolute Gasteiger partial charge is 0.490 e. The summed E-state index contributed by atoms with van der Waals surface area (Å²) in [6.45, 7) is 3.65. The Labute approximate surface area is 99.4 Å². The molecule has 0 aromatic heterocycles. The SMILES string of the molecule is CCOc1c(F)cccc1C(=O)NCC(C)O. The number of halogens is 1. The van der Waals surface area contributed by atoms with E-state index in [9.17, 15) is 9.18 Å². The third-order valence-corrected chi connectivity index (χ3v) is 2.06. The number of nitrogens with one attached hydrogen (secondary N) is 1. The van der Waals surface area contributed by atoms with Crippen LogP contribution in [-0.4, -0.2) is 30.3 Å². The van der Waals surface area contributed by atoms with Gasteiger partial charge in [0, 0.05) is 6.54 Å². The lowest BCUT2D eigenvalue weighted by Crippen LogP contribution is -2.31. The molecule has 94 valence electrons. The third-order valence-electron chi connectivity index (χ3n) is 2.06. The number of carbonyl (C=O) groups is 1. The molecule has 1 unspecified atom stereocenters. The van der Waals surface area contributed by atoms with E-state index in [4.69, 9.17) is 9.84 Å². The van der Waals surface area contributed by atoms with Crippen LogP contribution in [0.4, 0.5) is 4.39 Å². The standard InChI is InChI=1S/C12H16FNO3/c1-3-17-11-9(5-4-6-10(11)13)12(16)14-7-8(2)15/h4-6,8,15H,3,7H2,1-2H3,(H,14,16). The van der Waals surface area contributed by atoms with Crippen molar-refractivity contribution in [3.8, 4) is 5.75 Å². The molecule has 0 aliphatic carbocycles. The van der Waals surface area contributed by atoms with Crippen LogP contribution in [-0.2, 0) is 0 Å². The molecule has 0 bridgehead atoms. The monoisotopic (exact) mass is 241 g/mol. The van der Waals surface area contributed by atoms with Gasteiger partial charge in [-0.3, -0.25) is 4.79 Å². The van der Waals surface area contributed by atoms with Crippen LogP contribution >= 0.6 is 0 Å². The highest BCUT2D eigenvalue weighted by atomic mass is 19.1. The Morgan fingerprint density at radius 2 is 2.29 bits per heavy atom. The number of amides is 1. The zero-order valence-electron chi connectivity index (χ0n) is 9.87. The van der Waals surface area contributed by atoms with E-state index in [1.165, 1.54) is 18.2 Å². The van der Waals surface area contributed by atoms with Crippen molar-refractivity contribution in [1.29, 1.82) is 0 Å². The molecule has 2 N–H and O–H groups in total. The Kier molecular flexibility index (Phi) is 4.90. The van der Waals surface area contributed by atoms with Gasteiger partial charge < -0.3 is 15.2 Å². The zero-order chi connectivity index (χ0) is 12.8.